The van der Waals surface area contributed by atoms with E-state index in [4.69, 9.17) is 4.74 Å². The minimum atomic E-state index is -1.29. The van der Waals surface area contributed by atoms with E-state index in [1.54, 1.807) is 30.4 Å². The van der Waals surface area contributed by atoms with Crippen LogP contribution in [-0.2, 0) is 12.0 Å². The number of hydrogen-bond donors (Lipinski definition) is 1. The van der Waals surface area contributed by atoms with E-state index in [-0.39, 0.29) is 5.56 Å². The Balaban J connectivity index is 2.40. The maximum atomic E-state index is 13.9. The first-order valence-corrected chi connectivity index (χ1v) is 6.55. The van der Waals surface area contributed by atoms with E-state index in [2.05, 4.69) is 0 Å². The molecule has 96 valence electrons. The van der Waals surface area contributed by atoms with Gasteiger partial charge < -0.3 is 9.84 Å². The molecule has 0 amide bonds. The third kappa shape index (κ3) is 2.54. The summed E-state index contributed by atoms with van der Waals surface area (Å²) in [4.78, 5) is 0. The van der Waals surface area contributed by atoms with Crippen LogP contribution >= 0.6 is 11.3 Å². The molecule has 0 radical (unpaired) electrons. The lowest BCUT2D eigenvalue weighted by Crippen LogP contribution is -2.26. The normalized spacial score (nSPS) is 14.2. The largest absolute Gasteiger partial charge is 0.496 e. The van der Waals surface area contributed by atoms with Gasteiger partial charge in [-0.05, 0) is 41.4 Å². The molecule has 0 aliphatic carbocycles. The summed E-state index contributed by atoms with van der Waals surface area (Å²) in [6.07, 6.45) is 0.355. The van der Waals surface area contributed by atoms with Crippen molar-refractivity contribution in [3.05, 3.63) is 52.0 Å². The number of benzene rings is 1. The molecular formula is C14H15FO2S. The molecule has 0 aliphatic heterocycles. The molecule has 0 fully saturated rings. The number of thiophene rings is 1. The Morgan fingerprint density at radius 1 is 1.39 bits per heavy atom. The van der Waals surface area contributed by atoms with Gasteiger partial charge in [-0.3, -0.25) is 0 Å². The first-order chi connectivity index (χ1) is 8.54. The van der Waals surface area contributed by atoms with Crippen LogP contribution in [0.2, 0.25) is 0 Å². The van der Waals surface area contributed by atoms with Crippen molar-refractivity contribution in [1.82, 2.24) is 0 Å². The standard InChI is InChI=1S/C14H15FO2S/c1-14(16,8-10-6-7-18-9-10)13-11(15)4-3-5-12(13)17-2/h3-7,9,16H,8H2,1-2H3. The molecule has 1 aromatic heterocycles. The summed E-state index contributed by atoms with van der Waals surface area (Å²) < 4.78 is 19.1. The molecule has 0 aliphatic rings. The van der Waals surface area contributed by atoms with Gasteiger partial charge in [0.25, 0.3) is 0 Å². The lowest BCUT2D eigenvalue weighted by Gasteiger charge is -2.25. The van der Waals surface area contributed by atoms with Crippen molar-refractivity contribution >= 4 is 11.3 Å². The quantitative estimate of drug-likeness (QED) is 0.919. The van der Waals surface area contributed by atoms with Crippen LogP contribution in [0.4, 0.5) is 4.39 Å². The molecule has 0 saturated carbocycles. The second-order valence-corrected chi connectivity index (χ2v) is 5.18. The smallest absolute Gasteiger partial charge is 0.133 e. The Bertz CT molecular complexity index is 521. The zero-order valence-electron chi connectivity index (χ0n) is 10.3. The molecule has 1 atom stereocenters. The molecular weight excluding hydrogens is 251 g/mol. The van der Waals surface area contributed by atoms with Gasteiger partial charge in [0, 0.05) is 6.42 Å². The fourth-order valence-corrected chi connectivity index (χ4v) is 2.74. The number of halogens is 1. The number of aliphatic hydroxyl groups is 1. The Hall–Kier alpha value is -1.39. The van der Waals surface area contributed by atoms with Crippen LogP contribution in [0.3, 0.4) is 0 Å². The Morgan fingerprint density at radius 3 is 2.78 bits per heavy atom. The van der Waals surface area contributed by atoms with Crippen molar-refractivity contribution in [3.63, 3.8) is 0 Å². The van der Waals surface area contributed by atoms with Crippen LogP contribution < -0.4 is 4.74 Å². The zero-order chi connectivity index (χ0) is 13.2. The average Bonchev–Trinajstić information content (AvgIpc) is 2.80. The second-order valence-electron chi connectivity index (χ2n) is 4.40. The minimum absolute atomic E-state index is 0.207. The van der Waals surface area contributed by atoms with Gasteiger partial charge in [-0.25, -0.2) is 4.39 Å². The molecule has 2 nitrogen and oxygen atoms in total. The van der Waals surface area contributed by atoms with Gasteiger partial charge in [-0.15, -0.1) is 0 Å². The van der Waals surface area contributed by atoms with Crippen LogP contribution in [0.25, 0.3) is 0 Å². The van der Waals surface area contributed by atoms with Crippen LogP contribution in [0.15, 0.2) is 35.0 Å². The van der Waals surface area contributed by atoms with Crippen LogP contribution in [0, 0.1) is 5.82 Å². The average molecular weight is 266 g/mol. The molecule has 0 saturated heterocycles. The van der Waals surface area contributed by atoms with Crippen LogP contribution in [0.5, 0.6) is 5.75 Å². The maximum absolute atomic E-state index is 13.9. The highest BCUT2D eigenvalue weighted by molar-refractivity contribution is 7.07. The van der Waals surface area contributed by atoms with Crippen molar-refractivity contribution in [3.8, 4) is 5.75 Å². The molecule has 2 aromatic rings. The molecule has 1 N–H and O–H groups in total. The summed E-state index contributed by atoms with van der Waals surface area (Å²) in [6, 6.07) is 6.48. The summed E-state index contributed by atoms with van der Waals surface area (Å²) in [5, 5.41) is 14.4. The SMILES string of the molecule is COc1cccc(F)c1C(C)(O)Cc1ccsc1. The fraction of sp³-hybridized carbons (Fsp3) is 0.286. The molecule has 18 heavy (non-hydrogen) atoms. The highest BCUT2D eigenvalue weighted by atomic mass is 32.1. The molecule has 2 rings (SSSR count). The number of hydrogen-bond acceptors (Lipinski definition) is 3. The summed E-state index contributed by atoms with van der Waals surface area (Å²) >= 11 is 1.55. The van der Waals surface area contributed by atoms with Gasteiger partial charge in [-0.1, -0.05) is 6.07 Å². The highest BCUT2D eigenvalue weighted by Crippen LogP contribution is 2.34. The number of rotatable bonds is 4. The van der Waals surface area contributed by atoms with Crippen molar-refractivity contribution in [2.45, 2.75) is 18.9 Å². The predicted octanol–water partition coefficient (Wildman–Crippen LogP) is 3.35. The zero-order valence-corrected chi connectivity index (χ0v) is 11.1. The van der Waals surface area contributed by atoms with Crippen molar-refractivity contribution in [1.29, 1.82) is 0 Å². The summed E-state index contributed by atoms with van der Waals surface area (Å²) in [6.45, 7) is 1.60. The van der Waals surface area contributed by atoms with Crippen molar-refractivity contribution in [2.24, 2.45) is 0 Å². The van der Waals surface area contributed by atoms with E-state index in [0.717, 1.165) is 5.56 Å². The molecule has 0 bridgehead atoms. The van der Waals surface area contributed by atoms with Crippen molar-refractivity contribution in [2.75, 3.05) is 7.11 Å². The van der Waals surface area contributed by atoms with Gasteiger partial charge in [0.2, 0.25) is 0 Å². The van der Waals surface area contributed by atoms with E-state index >= 15 is 0 Å². The van der Waals surface area contributed by atoms with Crippen LogP contribution in [0.1, 0.15) is 18.1 Å². The van der Waals surface area contributed by atoms with Gasteiger partial charge in [0.1, 0.15) is 11.6 Å². The number of ether oxygens (including phenoxy) is 1. The van der Waals surface area contributed by atoms with E-state index in [9.17, 15) is 9.50 Å². The lowest BCUT2D eigenvalue weighted by molar-refractivity contribution is 0.0511. The van der Waals surface area contributed by atoms with Gasteiger partial charge >= 0.3 is 0 Å². The molecule has 0 spiro atoms. The molecule has 1 heterocycles. The van der Waals surface area contributed by atoms with Crippen molar-refractivity contribution < 1.29 is 14.2 Å². The highest BCUT2D eigenvalue weighted by Gasteiger charge is 2.30. The van der Waals surface area contributed by atoms with E-state index in [1.807, 2.05) is 16.8 Å². The Morgan fingerprint density at radius 2 is 2.17 bits per heavy atom. The van der Waals surface area contributed by atoms with Gasteiger partial charge in [0.05, 0.1) is 18.3 Å². The fourth-order valence-electron chi connectivity index (χ4n) is 2.08. The third-order valence-corrected chi connectivity index (χ3v) is 3.59. The van der Waals surface area contributed by atoms with E-state index < -0.39 is 11.4 Å². The lowest BCUT2D eigenvalue weighted by atomic mass is 9.89. The Kier molecular flexibility index (Phi) is 3.68. The monoisotopic (exact) mass is 266 g/mol. The number of methoxy groups -OCH3 is 1. The van der Waals surface area contributed by atoms with Crippen LogP contribution in [-0.4, -0.2) is 12.2 Å². The molecule has 1 aromatic carbocycles. The minimum Gasteiger partial charge on any atom is -0.496 e. The summed E-state index contributed by atoms with van der Waals surface area (Å²) in [5.41, 5.74) is -0.105. The van der Waals surface area contributed by atoms with E-state index in [0.29, 0.717) is 12.2 Å². The first-order valence-electron chi connectivity index (χ1n) is 5.61. The summed E-state index contributed by atoms with van der Waals surface area (Å²) in [7, 11) is 1.47. The first kappa shape index (κ1) is 13.1. The summed E-state index contributed by atoms with van der Waals surface area (Å²) in [5.74, 6) is -0.0789. The predicted molar refractivity (Wildman–Crippen MR) is 70.5 cm³/mol. The molecule has 1 unspecified atom stereocenters. The third-order valence-electron chi connectivity index (χ3n) is 2.86. The van der Waals surface area contributed by atoms with Gasteiger partial charge in [0.15, 0.2) is 0 Å². The van der Waals surface area contributed by atoms with E-state index in [1.165, 1.54) is 13.2 Å². The van der Waals surface area contributed by atoms with Gasteiger partial charge in [-0.2, -0.15) is 11.3 Å². The second kappa shape index (κ2) is 5.08. The maximum Gasteiger partial charge on any atom is 0.133 e. The Labute approximate surface area is 110 Å². The molecule has 4 heteroatoms. The topological polar surface area (TPSA) is 29.5 Å².